The second-order valence-corrected chi connectivity index (χ2v) is 8.83. The van der Waals surface area contributed by atoms with E-state index >= 15 is 0 Å². The number of carbonyl (C=O) groups excluding carboxylic acids is 1. The number of esters is 1. The predicted molar refractivity (Wildman–Crippen MR) is 131 cm³/mol. The van der Waals surface area contributed by atoms with Crippen LogP contribution < -0.4 is 5.32 Å². The Morgan fingerprint density at radius 2 is 1.68 bits per heavy atom. The fourth-order valence-corrected chi connectivity index (χ4v) is 5.02. The minimum absolute atomic E-state index is 0.364. The highest BCUT2D eigenvalue weighted by Crippen LogP contribution is 2.36. The van der Waals surface area contributed by atoms with Crippen LogP contribution in [0.5, 0.6) is 0 Å². The van der Waals surface area contributed by atoms with E-state index in [1.165, 1.54) is 24.0 Å². The number of piperazine rings is 1. The van der Waals surface area contributed by atoms with Crippen LogP contribution in [0.1, 0.15) is 15.9 Å². The highest BCUT2D eigenvalue weighted by molar-refractivity contribution is 7.80. The molecule has 0 spiro atoms. The van der Waals surface area contributed by atoms with Crippen molar-refractivity contribution >= 4 is 39.6 Å². The summed E-state index contributed by atoms with van der Waals surface area (Å²) in [4.78, 5) is 17.9. The van der Waals surface area contributed by atoms with Crippen LogP contribution in [0, 0.1) is 0 Å². The average molecular weight is 452 g/mol. The number of thiocarbonyl (C=S) groups is 1. The molecule has 3 aromatic rings. The van der Waals surface area contributed by atoms with Crippen LogP contribution in [-0.2, 0) is 11.3 Å². The molecule has 7 heteroatoms. The molecule has 0 radical (unpaired) electrons. The van der Waals surface area contributed by atoms with E-state index in [-0.39, 0.29) is 5.97 Å². The first kappa shape index (κ1) is 21.5. The summed E-state index contributed by atoms with van der Waals surface area (Å²) in [5.74, 6) is -0.364. The molecule has 1 aliphatic rings. The summed E-state index contributed by atoms with van der Waals surface area (Å²) in [5.41, 5.74) is 2.90. The third-order valence-corrected chi connectivity index (χ3v) is 6.78. The van der Waals surface area contributed by atoms with Crippen LogP contribution in [-0.4, -0.2) is 54.2 Å². The van der Waals surface area contributed by atoms with E-state index in [1.807, 2.05) is 42.5 Å². The summed E-state index contributed by atoms with van der Waals surface area (Å²) in [6.07, 6.45) is 0. The predicted octanol–water partition coefficient (Wildman–Crippen LogP) is 4.72. The number of thiophene rings is 1. The molecule has 0 unspecified atom stereocenters. The Morgan fingerprint density at radius 1 is 1.03 bits per heavy atom. The minimum atomic E-state index is -0.364. The zero-order chi connectivity index (χ0) is 21.6. The molecule has 1 N–H and O–H groups in total. The molecule has 0 bridgehead atoms. The quantitative estimate of drug-likeness (QED) is 0.448. The number of hydrogen-bond donors (Lipinski definition) is 1. The highest BCUT2D eigenvalue weighted by atomic mass is 32.1. The van der Waals surface area contributed by atoms with Crippen LogP contribution in [0.3, 0.4) is 0 Å². The van der Waals surface area contributed by atoms with Crippen molar-refractivity contribution in [1.29, 1.82) is 0 Å². The molecule has 0 saturated carbocycles. The van der Waals surface area contributed by atoms with Crippen molar-refractivity contribution in [2.45, 2.75) is 6.54 Å². The Morgan fingerprint density at radius 3 is 2.32 bits per heavy atom. The highest BCUT2D eigenvalue weighted by Gasteiger charge is 2.22. The molecule has 2 heterocycles. The van der Waals surface area contributed by atoms with Crippen molar-refractivity contribution in [3.63, 3.8) is 0 Å². The third kappa shape index (κ3) is 5.31. The number of ether oxygens (including phenoxy) is 1. The molecule has 1 aliphatic heterocycles. The first-order valence-corrected chi connectivity index (χ1v) is 11.5. The lowest BCUT2D eigenvalue weighted by atomic mass is 10.1. The molecule has 160 valence electrons. The van der Waals surface area contributed by atoms with Crippen LogP contribution in [0.15, 0.2) is 66.7 Å². The van der Waals surface area contributed by atoms with Crippen molar-refractivity contribution in [2.24, 2.45) is 0 Å². The van der Waals surface area contributed by atoms with Crippen molar-refractivity contribution in [3.05, 3.63) is 77.9 Å². The second kappa shape index (κ2) is 10.0. The Hall–Kier alpha value is -2.74. The molecular weight excluding hydrogens is 426 g/mol. The van der Waals surface area contributed by atoms with Gasteiger partial charge in [0, 0.05) is 37.6 Å². The van der Waals surface area contributed by atoms with Crippen molar-refractivity contribution in [1.82, 2.24) is 9.80 Å². The smallest absolute Gasteiger partial charge is 0.340 e. The van der Waals surface area contributed by atoms with Gasteiger partial charge in [-0.05, 0) is 29.4 Å². The van der Waals surface area contributed by atoms with Crippen LogP contribution in [0.2, 0.25) is 0 Å². The first-order valence-electron chi connectivity index (χ1n) is 10.2. The number of nitrogens with one attached hydrogen (secondary N) is 1. The summed E-state index contributed by atoms with van der Waals surface area (Å²) in [7, 11) is 1.40. The Kier molecular flexibility index (Phi) is 6.96. The Bertz CT molecular complexity index is 1030. The number of nitrogens with zero attached hydrogens (tertiary/aromatic N) is 2. The number of carbonyl (C=O) groups is 1. The van der Waals surface area contributed by atoms with Gasteiger partial charge in [-0.25, -0.2) is 4.79 Å². The summed E-state index contributed by atoms with van der Waals surface area (Å²) in [6.45, 7) is 4.54. The number of benzene rings is 2. The zero-order valence-electron chi connectivity index (χ0n) is 17.4. The van der Waals surface area contributed by atoms with Gasteiger partial charge in [-0.2, -0.15) is 0 Å². The lowest BCUT2D eigenvalue weighted by Crippen LogP contribution is -2.49. The monoisotopic (exact) mass is 451 g/mol. The summed E-state index contributed by atoms with van der Waals surface area (Å²) in [5, 5.41) is 4.68. The molecular formula is C24H25N3O2S2. The van der Waals surface area contributed by atoms with Crippen molar-refractivity contribution < 1.29 is 9.53 Å². The first-order chi connectivity index (χ1) is 15.1. The molecule has 4 rings (SSSR count). The maximum Gasteiger partial charge on any atom is 0.340 e. The average Bonchev–Trinajstić information content (AvgIpc) is 3.24. The fraction of sp³-hybridized carbons (Fsp3) is 0.250. The van der Waals surface area contributed by atoms with Crippen LogP contribution in [0.25, 0.3) is 10.4 Å². The van der Waals surface area contributed by atoms with Gasteiger partial charge in [0.25, 0.3) is 0 Å². The fourth-order valence-electron chi connectivity index (χ4n) is 3.62. The van der Waals surface area contributed by atoms with Gasteiger partial charge in [0.2, 0.25) is 0 Å². The van der Waals surface area contributed by atoms with E-state index in [2.05, 4.69) is 39.4 Å². The summed E-state index contributed by atoms with van der Waals surface area (Å²) < 4.78 is 4.99. The van der Waals surface area contributed by atoms with Crippen LogP contribution in [0.4, 0.5) is 5.00 Å². The summed E-state index contributed by atoms with van der Waals surface area (Å²) in [6, 6.07) is 22.4. The number of hydrogen-bond acceptors (Lipinski definition) is 5. The number of anilines is 1. The lowest BCUT2D eigenvalue weighted by Gasteiger charge is -2.36. The zero-order valence-corrected chi connectivity index (χ0v) is 19.0. The number of rotatable bonds is 5. The van der Waals surface area contributed by atoms with Crippen molar-refractivity contribution in [3.8, 4) is 10.4 Å². The van der Waals surface area contributed by atoms with Gasteiger partial charge >= 0.3 is 5.97 Å². The summed E-state index contributed by atoms with van der Waals surface area (Å²) >= 11 is 7.20. The molecule has 2 aromatic carbocycles. The molecule has 0 aliphatic carbocycles. The van der Waals surface area contributed by atoms with Gasteiger partial charge < -0.3 is 15.0 Å². The van der Waals surface area contributed by atoms with Gasteiger partial charge in [-0.1, -0.05) is 60.7 Å². The van der Waals surface area contributed by atoms with Gasteiger partial charge in [-0.15, -0.1) is 11.3 Å². The minimum Gasteiger partial charge on any atom is -0.465 e. The normalized spacial score (nSPS) is 14.3. The molecule has 31 heavy (non-hydrogen) atoms. The molecule has 0 atom stereocenters. The molecule has 5 nitrogen and oxygen atoms in total. The largest absolute Gasteiger partial charge is 0.465 e. The molecule has 0 amide bonds. The SMILES string of the molecule is COC(=O)c1cc(-c2ccccc2)sc1NC(=S)N1CCN(Cc2ccccc2)CC1. The van der Waals surface area contributed by atoms with Crippen molar-refractivity contribution in [2.75, 3.05) is 38.6 Å². The van der Waals surface area contributed by atoms with E-state index in [1.54, 1.807) is 0 Å². The Labute approximate surface area is 192 Å². The van der Waals surface area contributed by atoms with E-state index in [4.69, 9.17) is 17.0 Å². The second-order valence-electron chi connectivity index (χ2n) is 7.39. The topological polar surface area (TPSA) is 44.8 Å². The standard InChI is InChI=1S/C24H25N3O2S2/c1-29-23(28)20-16-21(19-10-6-3-7-11-19)31-22(20)25-24(30)27-14-12-26(13-15-27)17-18-8-4-2-5-9-18/h2-11,16H,12-15,17H2,1H3,(H,25,30). The van der Waals surface area contributed by atoms with Crippen LogP contribution >= 0.6 is 23.6 Å². The van der Waals surface area contributed by atoms with E-state index in [0.717, 1.165) is 48.2 Å². The van der Waals surface area contributed by atoms with Gasteiger partial charge in [-0.3, -0.25) is 4.90 Å². The number of methoxy groups -OCH3 is 1. The van der Waals surface area contributed by atoms with Gasteiger partial charge in [0.1, 0.15) is 5.00 Å². The molecule has 1 saturated heterocycles. The molecule has 1 fully saturated rings. The van der Waals surface area contributed by atoms with E-state index in [9.17, 15) is 4.79 Å². The molecule has 1 aromatic heterocycles. The Balaban J connectivity index is 1.41. The van der Waals surface area contributed by atoms with E-state index < -0.39 is 0 Å². The lowest BCUT2D eigenvalue weighted by molar-refractivity contribution is 0.0602. The van der Waals surface area contributed by atoms with Gasteiger partial charge in [0.05, 0.1) is 12.7 Å². The van der Waals surface area contributed by atoms with E-state index in [0.29, 0.717) is 10.7 Å². The maximum atomic E-state index is 12.3. The van der Waals surface area contributed by atoms with Gasteiger partial charge in [0.15, 0.2) is 5.11 Å². The maximum absolute atomic E-state index is 12.3. The third-order valence-electron chi connectivity index (χ3n) is 5.32.